The molecule has 5 heteroatoms. The maximum Gasteiger partial charge on any atom is 0.251 e. The fraction of sp³-hybridized carbons (Fsp3) is 0.435. The Kier molecular flexibility index (Phi) is 7.06. The van der Waals surface area contributed by atoms with Gasteiger partial charge in [-0.3, -0.25) is 9.69 Å². The summed E-state index contributed by atoms with van der Waals surface area (Å²) in [7, 11) is 1.64. The van der Waals surface area contributed by atoms with Gasteiger partial charge in [-0.25, -0.2) is 0 Å². The van der Waals surface area contributed by atoms with Crippen LogP contribution in [0, 0.1) is 0 Å². The van der Waals surface area contributed by atoms with Crippen molar-refractivity contribution in [3.63, 3.8) is 0 Å². The average molecular weight is 382 g/mol. The highest BCUT2D eigenvalue weighted by atomic mass is 16.5. The number of benzene rings is 2. The molecule has 1 heterocycles. The van der Waals surface area contributed by atoms with Crippen molar-refractivity contribution in [3.8, 4) is 5.75 Å². The largest absolute Gasteiger partial charge is 0.484 e. The number of carbonyl (C=O) groups is 1. The zero-order valence-corrected chi connectivity index (χ0v) is 17.1. The fourth-order valence-corrected chi connectivity index (χ4v) is 3.58. The van der Waals surface area contributed by atoms with Gasteiger partial charge in [0.1, 0.15) is 11.9 Å². The topological polar surface area (TPSA) is 53.6 Å². The molecule has 1 fully saturated rings. The molecule has 0 spiro atoms. The normalized spacial score (nSPS) is 18.5. The predicted molar refractivity (Wildman–Crippen MR) is 113 cm³/mol. The predicted octanol–water partition coefficient (Wildman–Crippen LogP) is 3.02. The minimum Gasteiger partial charge on any atom is -0.484 e. The number of carbonyl (C=O) groups excluding carboxylic acids is 1. The van der Waals surface area contributed by atoms with Gasteiger partial charge in [-0.15, -0.1) is 0 Å². The van der Waals surface area contributed by atoms with E-state index in [2.05, 4.69) is 53.6 Å². The van der Waals surface area contributed by atoms with E-state index >= 15 is 0 Å². The molecule has 1 aliphatic rings. The maximum absolute atomic E-state index is 11.8. The van der Waals surface area contributed by atoms with E-state index in [1.165, 1.54) is 11.1 Å². The molecule has 0 bridgehead atoms. The van der Waals surface area contributed by atoms with Crippen LogP contribution < -0.4 is 15.4 Å². The van der Waals surface area contributed by atoms with Crippen LogP contribution in [0.5, 0.6) is 5.75 Å². The van der Waals surface area contributed by atoms with Crippen molar-refractivity contribution >= 4 is 5.91 Å². The van der Waals surface area contributed by atoms with Gasteiger partial charge < -0.3 is 15.4 Å². The molecule has 28 heavy (non-hydrogen) atoms. The fourth-order valence-electron chi connectivity index (χ4n) is 3.58. The van der Waals surface area contributed by atoms with Gasteiger partial charge in [0.2, 0.25) is 0 Å². The Hall–Kier alpha value is -2.37. The van der Waals surface area contributed by atoms with E-state index in [4.69, 9.17) is 4.74 Å². The van der Waals surface area contributed by atoms with Gasteiger partial charge in [0.25, 0.3) is 5.91 Å². The van der Waals surface area contributed by atoms with Gasteiger partial charge >= 0.3 is 0 Å². The molecule has 0 aliphatic carbocycles. The molecule has 3 rings (SSSR count). The minimum atomic E-state index is -0.0898. The third-order valence-corrected chi connectivity index (χ3v) is 5.26. The summed E-state index contributed by atoms with van der Waals surface area (Å²) in [5.74, 6) is 0.688. The summed E-state index contributed by atoms with van der Waals surface area (Å²) in [5, 5.41) is 6.14. The summed E-state index contributed by atoms with van der Waals surface area (Å²) >= 11 is 0. The molecular weight excluding hydrogens is 350 g/mol. The standard InChI is InChI=1S/C23H31N3O2/c1-4-18-5-7-19(8-6-18)22(16-26-14-13-25-17(2)15-26)28-21-11-9-20(10-12-21)23(27)24-3/h5-12,17,22,25H,4,13-16H2,1-3H3,(H,24,27)/t17-,22?/m1/s1. The van der Waals surface area contributed by atoms with Crippen molar-refractivity contribution in [3.05, 3.63) is 65.2 Å². The summed E-state index contributed by atoms with van der Waals surface area (Å²) in [6, 6.07) is 16.6. The van der Waals surface area contributed by atoms with Gasteiger partial charge in [-0.05, 0) is 48.7 Å². The van der Waals surface area contributed by atoms with Gasteiger partial charge in [-0.2, -0.15) is 0 Å². The number of hydrogen-bond acceptors (Lipinski definition) is 4. The maximum atomic E-state index is 11.8. The Balaban J connectivity index is 1.77. The van der Waals surface area contributed by atoms with Crippen molar-refractivity contribution in [2.24, 2.45) is 0 Å². The van der Waals surface area contributed by atoms with Crippen molar-refractivity contribution in [1.29, 1.82) is 0 Å². The van der Waals surface area contributed by atoms with Crippen molar-refractivity contribution in [2.75, 3.05) is 33.2 Å². The zero-order valence-electron chi connectivity index (χ0n) is 17.1. The number of ether oxygens (including phenoxy) is 1. The monoisotopic (exact) mass is 381 g/mol. The highest BCUT2D eigenvalue weighted by Crippen LogP contribution is 2.24. The molecule has 2 aromatic rings. The Morgan fingerprint density at radius 2 is 1.93 bits per heavy atom. The molecular formula is C23H31N3O2. The highest BCUT2D eigenvalue weighted by molar-refractivity contribution is 5.94. The van der Waals surface area contributed by atoms with Crippen LogP contribution in [0.1, 0.15) is 41.4 Å². The summed E-state index contributed by atoms with van der Waals surface area (Å²) in [4.78, 5) is 14.2. The van der Waals surface area contributed by atoms with Crippen LogP contribution in [0.3, 0.4) is 0 Å². The van der Waals surface area contributed by atoms with E-state index < -0.39 is 0 Å². The van der Waals surface area contributed by atoms with Gasteiger partial charge in [0.15, 0.2) is 0 Å². The lowest BCUT2D eigenvalue weighted by Crippen LogP contribution is -2.50. The van der Waals surface area contributed by atoms with Crippen LogP contribution in [0.15, 0.2) is 48.5 Å². The second-order valence-corrected chi connectivity index (χ2v) is 7.42. The Bertz CT molecular complexity index is 758. The van der Waals surface area contributed by atoms with Crippen LogP contribution in [0.25, 0.3) is 0 Å². The smallest absolute Gasteiger partial charge is 0.251 e. The van der Waals surface area contributed by atoms with E-state index in [1.54, 1.807) is 19.2 Å². The number of piperazine rings is 1. The number of amides is 1. The van der Waals surface area contributed by atoms with Crippen LogP contribution in [0.2, 0.25) is 0 Å². The molecule has 2 atom stereocenters. The van der Waals surface area contributed by atoms with E-state index in [1.807, 2.05) is 12.1 Å². The first-order chi connectivity index (χ1) is 13.6. The van der Waals surface area contributed by atoms with Crippen LogP contribution in [-0.4, -0.2) is 50.1 Å². The van der Waals surface area contributed by atoms with Crippen LogP contribution >= 0.6 is 0 Å². The molecule has 0 aromatic heterocycles. The van der Waals surface area contributed by atoms with Crippen LogP contribution in [0.4, 0.5) is 0 Å². The van der Waals surface area contributed by atoms with Gasteiger partial charge in [0, 0.05) is 44.8 Å². The molecule has 0 saturated carbocycles. The first-order valence-corrected chi connectivity index (χ1v) is 10.1. The number of hydrogen-bond donors (Lipinski definition) is 2. The highest BCUT2D eigenvalue weighted by Gasteiger charge is 2.22. The molecule has 1 unspecified atom stereocenters. The second kappa shape index (κ2) is 9.71. The number of nitrogens with one attached hydrogen (secondary N) is 2. The molecule has 1 aliphatic heterocycles. The molecule has 5 nitrogen and oxygen atoms in total. The lowest BCUT2D eigenvalue weighted by Gasteiger charge is -2.34. The van der Waals surface area contributed by atoms with E-state index in [9.17, 15) is 4.79 Å². The first-order valence-electron chi connectivity index (χ1n) is 10.1. The number of nitrogens with zero attached hydrogens (tertiary/aromatic N) is 1. The van der Waals surface area contributed by atoms with Gasteiger partial charge in [0.05, 0.1) is 0 Å². The summed E-state index contributed by atoms with van der Waals surface area (Å²) in [5.41, 5.74) is 3.14. The molecule has 2 aromatic carbocycles. The lowest BCUT2D eigenvalue weighted by molar-refractivity contribution is 0.0963. The number of rotatable bonds is 7. The van der Waals surface area contributed by atoms with E-state index in [0.717, 1.165) is 38.3 Å². The average Bonchev–Trinajstić information content (AvgIpc) is 2.73. The zero-order chi connectivity index (χ0) is 19.9. The summed E-state index contributed by atoms with van der Waals surface area (Å²) < 4.78 is 6.39. The quantitative estimate of drug-likeness (QED) is 0.774. The third kappa shape index (κ3) is 5.33. The number of aryl methyl sites for hydroxylation is 1. The van der Waals surface area contributed by atoms with Crippen molar-refractivity contribution < 1.29 is 9.53 Å². The Morgan fingerprint density at radius 3 is 2.54 bits per heavy atom. The van der Waals surface area contributed by atoms with E-state index in [0.29, 0.717) is 11.6 Å². The lowest BCUT2D eigenvalue weighted by atomic mass is 10.0. The van der Waals surface area contributed by atoms with Gasteiger partial charge in [-0.1, -0.05) is 31.2 Å². The molecule has 150 valence electrons. The van der Waals surface area contributed by atoms with Crippen LogP contribution in [-0.2, 0) is 6.42 Å². The van der Waals surface area contributed by atoms with Crippen molar-refractivity contribution in [2.45, 2.75) is 32.4 Å². The molecule has 0 radical (unpaired) electrons. The SMILES string of the molecule is CCc1ccc(C(CN2CCN[C@H](C)C2)Oc2ccc(C(=O)NC)cc2)cc1. The Morgan fingerprint density at radius 1 is 1.21 bits per heavy atom. The first kappa shape index (κ1) is 20.4. The minimum absolute atomic E-state index is 0.0537. The van der Waals surface area contributed by atoms with Crippen molar-refractivity contribution in [1.82, 2.24) is 15.5 Å². The molecule has 1 saturated heterocycles. The second-order valence-electron chi connectivity index (χ2n) is 7.42. The molecule has 1 amide bonds. The van der Waals surface area contributed by atoms with E-state index in [-0.39, 0.29) is 12.0 Å². The summed E-state index contributed by atoms with van der Waals surface area (Å²) in [6.45, 7) is 8.27. The Labute approximate surface area is 168 Å². The summed E-state index contributed by atoms with van der Waals surface area (Å²) in [6.07, 6.45) is 0.976. The molecule has 2 N–H and O–H groups in total. The third-order valence-electron chi connectivity index (χ3n) is 5.26.